The van der Waals surface area contributed by atoms with Crippen molar-refractivity contribution in [3.63, 3.8) is 0 Å². The second-order valence-electron chi connectivity index (χ2n) is 6.76. The SMILES string of the molecule is CC1(C)C(CO)OC(OC2C(CO)OC(O)C(O)C2O)C(O)C1O. The first kappa shape index (κ1) is 19.9. The van der Waals surface area contributed by atoms with Gasteiger partial charge in [0, 0.05) is 5.41 Å². The third kappa shape index (κ3) is 3.44. The second kappa shape index (κ2) is 7.46. The Morgan fingerprint density at radius 3 is 2.04 bits per heavy atom. The average Bonchev–Trinajstić information content (AvgIpc) is 2.55. The van der Waals surface area contributed by atoms with Gasteiger partial charge in [-0.15, -0.1) is 0 Å². The smallest absolute Gasteiger partial charge is 0.187 e. The standard InChI is InChI=1S/C14H26O10/c1-14(2)6(4-16)23-13(9(19)11(14)20)24-10-5(3-15)22-12(21)8(18)7(10)17/h5-13,15-21H,3-4H2,1-2H3. The van der Waals surface area contributed by atoms with Gasteiger partial charge in [0.1, 0.15) is 30.5 Å². The lowest BCUT2D eigenvalue weighted by molar-refractivity contribution is -0.359. The van der Waals surface area contributed by atoms with Crippen molar-refractivity contribution in [3.8, 4) is 0 Å². The van der Waals surface area contributed by atoms with E-state index in [9.17, 15) is 35.7 Å². The molecule has 0 aromatic carbocycles. The molecule has 0 amide bonds. The number of hydrogen-bond acceptors (Lipinski definition) is 10. The van der Waals surface area contributed by atoms with Crippen molar-refractivity contribution >= 4 is 0 Å². The molecule has 7 N–H and O–H groups in total. The highest BCUT2D eigenvalue weighted by atomic mass is 16.7. The largest absolute Gasteiger partial charge is 0.394 e. The minimum Gasteiger partial charge on any atom is -0.394 e. The van der Waals surface area contributed by atoms with Crippen molar-refractivity contribution in [2.75, 3.05) is 13.2 Å². The van der Waals surface area contributed by atoms with Gasteiger partial charge in [-0.05, 0) is 0 Å². The maximum atomic E-state index is 10.2. The third-order valence-electron chi connectivity index (χ3n) is 4.79. The predicted molar refractivity (Wildman–Crippen MR) is 76.4 cm³/mol. The molecule has 0 aromatic heterocycles. The first-order chi connectivity index (χ1) is 11.1. The minimum absolute atomic E-state index is 0.439. The number of aliphatic hydroxyl groups is 7. The number of ether oxygens (including phenoxy) is 3. The van der Waals surface area contributed by atoms with Crippen LogP contribution in [0.15, 0.2) is 0 Å². The molecule has 2 heterocycles. The van der Waals surface area contributed by atoms with Gasteiger partial charge in [-0.2, -0.15) is 0 Å². The van der Waals surface area contributed by atoms with Crippen LogP contribution in [-0.4, -0.2) is 104 Å². The number of rotatable bonds is 4. The summed E-state index contributed by atoms with van der Waals surface area (Å²) >= 11 is 0. The van der Waals surface area contributed by atoms with Crippen molar-refractivity contribution < 1.29 is 50.0 Å². The first-order valence-corrected chi connectivity index (χ1v) is 7.73. The maximum absolute atomic E-state index is 10.2. The van der Waals surface area contributed by atoms with E-state index < -0.39 is 73.9 Å². The fraction of sp³-hybridized carbons (Fsp3) is 1.00. The van der Waals surface area contributed by atoms with Gasteiger partial charge in [0.25, 0.3) is 0 Å². The van der Waals surface area contributed by atoms with E-state index in [2.05, 4.69) is 0 Å². The zero-order valence-corrected chi connectivity index (χ0v) is 13.5. The molecule has 9 atom stereocenters. The molecule has 0 aliphatic carbocycles. The van der Waals surface area contributed by atoms with Crippen molar-refractivity contribution in [2.24, 2.45) is 5.41 Å². The quantitative estimate of drug-likeness (QED) is 0.266. The zero-order chi connectivity index (χ0) is 18.2. The maximum Gasteiger partial charge on any atom is 0.187 e. The Labute approximate surface area is 138 Å². The molecule has 9 unspecified atom stereocenters. The summed E-state index contributed by atoms with van der Waals surface area (Å²) in [7, 11) is 0. The van der Waals surface area contributed by atoms with Crippen LogP contribution >= 0.6 is 0 Å². The summed E-state index contributed by atoms with van der Waals surface area (Å²) in [4.78, 5) is 0. The molecule has 2 saturated heterocycles. The Morgan fingerprint density at radius 2 is 1.50 bits per heavy atom. The van der Waals surface area contributed by atoms with E-state index in [1.54, 1.807) is 13.8 Å². The summed E-state index contributed by atoms with van der Waals surface area (Å²) in [5.74, 6) is 0. The summed E-state index contributed by atoms with van der Waals surface area (Å²) in [5.41, 5.74) is -0.957. The van der Waals surface area contributed by atoms with Crippen molar-refractivity contribution in [3.05, 3.63) is 0 Å². The lowest BCUT2D eigenvalue weighted by Crippen LogP contribution is -2.65. The minimum atomic E-state index is -1.70. The molecule has 0 radical (unpaired) electrons. The monoisotopic (exact) mass is 354 g/mol. The molecular formula is C14H26O10. The fourth-order valence-corrected chi connectivity index (χ4v) is 2.98. The van der Waals surface area contributed by atoms with E-state index >= 15 is 0 Å². The van der Waals surface area contributed by atoms with Crippen LogP contribution in [0.3, 0.4) is 0 Å². The van der Waals surface area contributed by atoms with Crippen molar-refractivity contribution in [1.29, 1.82) is 0 Å². The number of aliphatic hydroxyl groups excluding tert-OH is 7. The number of hydrogen-bond donors (Lipinski definition) is 7. The second-order valence-corrected chi connectivity index (χ2v) is 6.76. The van der Waals surface area contributed by atoms with Gasteiger partial charge in [0.05, 0.1) is 25.4 Å². The normalized spacial score (nSPS) is 49.1. The Hall–Kier alpha value is -0.400. The summed E-state index contributed by atoms with van der Waals surface area (Å²) in [6.07, 6.45) is -12.6. The summed E-state index contributed by atoms with van der Waals surface area (Å²) in [5, 5.41) is 68.4. The van der Waals surface area contributed by atoms with Gasteiger partial charge >= 0.3 is 0 Å². The molecule has 0 saturated carbocycles. The van der Waals surface area contributed by atoms with Crippen molar-refractivity contribution in [2.45, 2.75) is 69.2 Å². The summed E-state index contributed by atoms with van der Waals surface area (Å²) in [6, 6.07) is 0. The van der Waals surface area contributed by atoms with Gasteiger partial charge < -0.3 is 50.0 Å². The zero-order valence-electron chi connectivity index (χ0n) is 13.5. The van der Waals surface area contributed by atoms with Crippen LogP contribution in [0.5, 0.6) is 0 Å². The van der Waals surface area contributed by atoms with E-state index in [4.69, 9.17) is 14.2 Å². The van der Waals surface area contributed by atoms with Crippen molar-refractivity contribution in [1.82, 2.24) is 0 Å². The molecule has 0 aromatic rings. The van der Waals surface area contributed by atoms with Gasteiger partial charge in [0.2, 0.25) is 0 Å². The Morgan fingerprint density at radius 1 is 0.875 bits per heavy atom. The molecule has 0 spiro atoms. The molecule has 24 heavy (non-hydrogen) atoms. The van der Waals surface area contributed by atoms with Gasteiger partial charge in [0.15, 0.2) is 12.6 Å². The molecule has 2 aliphatic rings. The summed E-state index contributed by atoms with van der Waals surface area (Å²) in [6.45, 7) is 2.14. The van der Waals surface area contributed by atoms with Crippen LogP contribution in [0.1, 0.15) is 13.8 Å². The Kier molecular flexibility index (Phi) is 6.19. The van der Waals surface area contributed by atoms with E-state index in [1.807, 2.05) is 0 Å². The average molecular weight is 354 g/mol. The fourth-order valence-electron chi connectivity index (χ4n) is 2.98. The van der Waals surface area contributed by atoms with Gasteiger partial charge in [-0.25, -0.2) is 0 Å². The van der Waals surface area contributed by atoms with Crippen LogP contribution < -0.4 is 0 Å². The highest BCUT2D eigenvalue weighted by molar-refractivity contribution is 4.97. The van der Waals surface area contributed by atoms with Gasteiger partial charge in [-0.1, -0.05) is 13.8 Å². The van der Waals surface area contributed by atoms with E-state index in [-0.39, 0.29) is 0 Å². The molecule has 2 fully saturated rings. The third-order valence-corrected chi connectivity index (χ3v) is 4.79. The molecule has 10 nitrogen and oxygen atoms in total. The van der Waals surface area contributed by atoms with E-state index in [1.165, 1.54) is 0 Å². The van der Waals surface area contributed by atoms with Crippen LogP contribution in [0.25, 0.3) is 0 Å². The lowest BCUT2D eigenvalue weighted by Gasteiger charge is -2.49. The Balaban J connectivity index is 2.16. The molecule has 10 heteroatoms. The predicted octanol–water partition coefficient (Wildman–Crippen LogP) is -3.73. The van der Waals surface area contributed by atoms with Gasteiger partial charge in [-0.3, -0.25) is 0 Å². The van der Waals surface area contributed by atoms with Crippen LogP contribution in [0.2, 0.25) is 0 Å². The molecule has 0 bridgehead atoms. The lowest BCUT2D eigenvalue weighted by atomic mass is 9.76. The highest BCUT2D eigenvalue weighted by Crippen LogP contribution is 2.38. The topological polar surface area (TPSA) is 169 Å². The molecule has 2 rings (SSSR count). The summed E-state index contributed by atoms with van der Waals surface area (Å²) < 4.78 is 15.8. The molecule has 142 valence electrons. The van der Waals surface area contributed by atoms with Crippen LogP contribution in [0, 0.1) is 5.41 Å². The van der Waals surface area contributed by atoms with E-state index in [0.29, 0.717) is 0 Å². The van der Waals surface area contributed by atoms with Crippen LogP contribution in [-0.2, 0) is 14.2 Å². The van der Waals surface area contributed by atoms with E-state index in [0.717, 1.165) is 0 Å². The molecular weight excluding hydrogens is 328 g/mol. The first-order valence-electron chi connectivity index (χ1n) is 7.73. The van der Waals surface area contributed by atoms with Crippen LogP contribution in [0.4, 0.5) is 0 Å². The Bertz CT molecular complexity index is 412. The highest BCUT2D eigenvalue weighted by Gasteiger charge is 2.53. The molecule has 2 aliphatic heterocycles.